The van der Waals surface area contributed by atoms with Gasteiger partial charge in [0.25, 0.3) is 5.91 Å². The van der Waals surface area contributed by atoms with Gasteiger partial charge in [-0.15, -0.1) is 0 Å². The van der Waals surface area contributed by atoms with E-state index in [0.717, 1.165) is 17.1 Å². The van der Waals surface area contributed by atoms with Gasteiger partial charge < -0.3 is 10.6 Å². The standard InChI is InChI=1S/C19H24N4O5S/c20-18(26)19-15(7-9-22(19)17(25)6-5-13-3-4-13)23(11-16(19)24)29(27,28)12-14-2-1-8-21-10-14/h1-2,8,10,13,15H,3-7,9,11-12H2,(H2,20,26). The number of hydrogen-bond acceptors (Lipinski definition) is 6. The first-order valence-electron chi connectivity index (χ1n) is 9.79. The molecule has 1 aromatic rings. The minimum atomic E-state index is -3.91. The molecule has 9 nitrogen and oxygen atoms in total. The number of Topliss-reactive ketones (excluding diaryl/α,β-unsaturated/α-hetero) is 1. The van der Waals surface area contributed by atoms with Crippen LogP contribution in [-0.2, 0) is 30.2 Å². The third-order valence-electron chi connectivity index (χ3n) is 6.18. The molecule has 2 amide bonds. The molecule has 0 aromatic carbocycles. The van der Waals surface area contributed by atoms with Crippen LogP contribution in [0.4, 0.5) is 0 Å². The van der Waals surface area contributed by atoms with Crippen LogP contribution in [0.3, 0.4) is 0 Å². The number of sulfonamides is 1. The molecular weight excluding hydrogens is 396 g/mol. The third kappa shape index (κ3) is 3.33. The lowest BCUT2D eigenvalue weighted by Crippen LogP contribution is -2.64. The highest BCUT2D eigenvalue weighted by Crippen LogP contribution is 2.42. The summed E-state index contributed by atoms with van der Waals surface area (Å²) in [5.41, 5.74) is 4.21. The summed E-state index contributed by atoms with van der Waals surface area (Å²) in [6.45, 7) is -0.315. The molecule has 29 heavy (non-hydrogen) atoms. The molecule has 4 rings (SSSR count). The predicted molar refractivity (Wildman–Crippen MR) is 103 cm³/mol. The highest BCUT2D eigenvalue weighted by atomic mass is 32.2. The number of fused-ring (bicyclic) bond motifs is 1. The number of primary amides is 1. The first-order valence-corrected chi connectivity index (χ1v) is 11.4. The maximum atomic E-state index is 13.0. The van der Waals surface area contributed by atoms with Gasteiger partial charge in [-0.2, -0.15) is 4.31 Å². The van der Waals surface area contributed by atoms with Gasteiger partial charge in [-0.1, -0.05) is 18.9 Å². The number of hydrogen-bond donors (Lipinski definition) is 1. The molecule has 2 N–H and O–H groups in total. The topological polar surface area (TPSA) is 131 Å². The second-order valence-corrected chi connectivity index (χ2v) is 9.97. The van der Waals surface area contributed by atoms with Gasteiger partial charge in [-0.05, 0) is 30.4 Å². The Bertz CT molecular complexity index is 947. The van der Waals surface area contributed by atoms with E-state index in [9.17, 15) is 22.8 Å². The van der Waals surface area contributed by atoms with Crippen molar-refractivity contribution in [1.82, 2.24) is 14.2 Å². The predicted octanol–water partition coefficient (Wildman–Crippen LogP) is -0.189. The average Bonchev–Trinajstić information content (AvgIpc) is 3.33. The molecule has 0 bridgehead atoms. The second kappa shape index (κ2) is 7.17. The van der Waals surface area contributed by atoms with Crippen molar-refractivity contribution in [2.24, 2.45) is 11.7 Å². The van der Waals surface area contributed by atoms with Gasteiger partial charge in [0.1, 0.15) is 0 Å². The second-order valence-electron chi connectivity index (χ2n) is 8.05. The molecule has 156 valence electrons. The van der Waals surface area contributed by atoms with Crippen LogP contribution in [0.2, 0.25) is 0 Å². The van der Waals surface area contributed by atoms with Crippen molar-refractivity contribution in [2.45, 2.75) is 49.4 Å². The first kappa shape index (κ1) is 20.0. The molecule has 0 spiro atoms. The minimum Gasteiger partial charge on any atom is -0.367 e. The van der Waals surface area contributed by atoms with Crippen LogP contribution < -0.4 is 5.73 Å². The number of nitrogens with zero attached hydrogens (tertiary/aromatic N) is 3. The fraction of sp³-hybridized carbons (Fsp3) is 0.579. The van der Waals surface area contributed by atoms with E-state index in [1.165, 1.54) is 17.3 Å². The van der Waals surface area contributed by atoms with Crippen molar-refractivity contribution in [3.63, 3.8) is 0 Å². The molecule has 10 heteroatoms. The summed E-state index contributed by atoms with van der Waals surface area (Å²) in [6, 6.07) is 2.30. The van der Waals surface area contributed by atoms with Gasteiger partial charge in [0.15, 0.2) is 11.3 Å². The van der Waals surface area contributed by atoms with E-state index in [4.69, 9.17) is 5.73 Å². The molecule has 2 aliphatic heterocycles. The quantitative estimate of drug-likeness (QED) is 0.609. The Balaban J connectivity index is 1.61. The lowest BCUT2D eigenvalue weighted by Gasteiger charge is -2.34. The Morgan fingerprint density at radius 1 is 1.28 bits per heavy atom. The highest BCUT2D eigenvalue weighted by molar-refractivity contribution is 7.88. The molecule has 1 aromatic heterocycles. The van der Waals surface area contributed by atoms with Gasteiger partial charge in [0.2, 0.25) is 15.9 Å². The van der Waals surface area contributed by atoms with Crippen molar-refractivity contribution in [1.29, 1.82) is 0 Å². The van der Waals surface area contributed by atoms with Crippen LogP contribution in [0.15, 0.2) is 24.5 Å². The van der Waals surface area contributed by atoms with E-state index in [1.54, 1.807) is 12.1 Å². The van der Waals surface area contributed by atoms with Crippen molar-refractivity contribution in [3.8, 4) is 0 Å². The summed E-state index contributed by atoms with van der Waals surface area (Å²) in [6.07, 6.45) is 6.32. The molecule has 3 heterocycles. The van der Waals surface area contributed by atoms with Gasteiger partial charge >= 0.3 is 0 Å². The van der Waals surface area contributed by atoms with Crippen molar-refractivity contribution in [3.05, 3.63) is 30.1 Å². The number of nitrogens with two attached hydrogens (primary N) is 1. The minimum absolute atomic E-state index is 0.141. The van der Waals surface area contributed by atoms with Crippen LogP contribution in [-0.4, -0.2) is 64.9 Å². The van der Waals surface area contributed by atoms with Gasteiger partial charge in [-0.25, -0.2) is 8.42 Å². The van der Waals surface area contributed by atoms with Crippen LogP contribution >= 0.6 is 0 Å². The first-order chi connectivity index (χ1) is 13.8. The van der Waals surface area contributed by atoms with E-state index in [2.05, 4.69) is 4.98 Å². The van der Waals surface area contributed by atoms with Gasteiger partial charge in [-0.3, -0.25) is 19.4 Å². The molecule has 2 unspecified atom stereocenters. The fourth-order valence-corrected chi connectivity index (χ4v) is 6.29. The average molecular weight is 420 g/mol. The van der Waals surface area contributed by atoms with E-state index in [0.29, 0.717) is 17.9 Å². The maximum Gasteiger partial charge on any atom is 0.252 e. The maximum absolute atomic E-state index is 13.0. The molecule has 1 saturated carbocycles. The summed E-state index contributed by atoms with van der Waals surface area (Å²) in [4.78, 5) is 43.4. The normalized spacial score (nSPS) is 27.2. The van der Waals surface area contributed by atoms with Crippen LogP contribution in [0.25, 0.3) is 0 Å². The Morgan fingerprint density at radius 3 is 2.66 bits per heavy atom. The Kier molecular flexibility index (Phi) is 4.94. The number of ketones is 1. The zero-order valence-electron chi connectivity index (χ0n) is 16.0. The zero-order valence-corrected chi connectivity index (χ0v) is 16.8. The van der Waals surface area contributed by atoms with Crippen LogP contribution in [0.5, 0.6) is 0 Å². The van der Waals surface area contributed by atoms with Crippen molar-refractivity contribution >= 4 is 27.6 Å². The largest absolute Gasteiger partial charge is 0.367 e. The number of likely N-dealkylation sites (tertiary alicyclic amines) is 1. The van der Waals surface area contributed by atoms with E-state index in [1.807, 2.05) is 0 Å². The molecular formula is C19H24N4O5S. The summed E-state index contributed by atoms with van der Waals surface area (Å²) < 4.78 is 27.1. The molecule has 3 fully saturated rings. The number of carbonyl (C=O) groups is 3. The summed E-state index contributed by atoms with van der Waals surface area (Å²) in [5.74, 6) is -1.70. The number of carbonyl (C=O) groups excluding carboxylic acids is 3. The Morgan fingerprint density at radius 2 is 2.03 bits per heavy atom. The summed E-state index contributed by atoms with van der Waals surface area (Å²) >= 11 is 0. The van der Waals surface area contributed by atoms with Gasteiger partial charge in [0.05, 0.1) is 18.3 Å². The molecule has 2 saturated heterocycles. The summed E-state index contributed by atoms with van der Waals surface area (Å²) in [5, 5.41) is 0. The molecule has 3 aliphatic rings. The number of aromatic nitrogens is 1. The number of rotatable bonds is 7. The molecule has 2 atom stereocenters. The lowest BCUT2D eigenvalue weighted by atomic mass is 9.89. The van der Waals surface area contributed by atoms with E-state index < -0.39 is 39.8 Å². The third-order valence-corrected chi connectivity index (χ3v) is 7.97. The molecule has 0 radical (unpaired) electrons. The smallest absolute Gasteiger partial charge is 0.252 e. The molecule has 1 aliphatic carbocycles. The monoisotopic (exact) mass is 420 g/mol. The van der Waals surface area contributed by atoms with Crippen molar-refractivity contribution in [2.75, 3.05) is 13.1 Å². The number of amides is 2. The zero-order chi connectivity index (χ0) is 20.8. The lowest BCUT2D eigenvalue weighted by molar-refractivity contribution is -0.149. The fourth-order valence-electron chi connectivity index (χ4n) is 4.57. The van der Waals surface area contributed by atoms with Gasteiger partial charge in [0, 0.05) is 25.4 Å². The highest BCUT2D eigenvalue weighted by Gasteiger charge is 2.68. The Hall–Kier alpha value is -2.33. The van der Waals surface area contributed by atoms with Crippen LogP contribution in [0, 0.1) is 5.92 Å². The van der Waals surface area contributed by atoms with E-state index in [-0.39, 0.29) is 31.0 Å². The van der Waals surface area contributed by atoms with Crippen molar-refractivity contribution < 1.29 is 22.8 Å². The van der Waals surface area contributed by atoms with E-state index >= 15 is 0 Å². The number of pyridine rings is 1. The SMILES string of the molecule is NC(=O)C12C(=O)CN(S(=O)(=O)Cc3cccnc3)C1CCN2C(=O)CCC1CC1. The Labute approximate surface area is 169 Å². The summed E-state index contributed by atoms with van der Waals surface area (Å²) in [7, 11) is -3.91. The van der Waals surface area contributed by atoms with Crippen LogP contribution in [0.1, 0.15) is 37.7 Å².